The SMILES string of the molecule is Cc1ccc(CNc2nc3ccccc3s2)cn1. The molecule has 2 heterocycles. The highest BCUT2D eigenvalue weighted by molar-refractivity contribution is 7.22. The molecule has 0 atom stereocenters. The molecule has 3 aromatic rings. The molecule has 18 heavy (non-hydrogen) atoms. The van der Waals surface area contributed by atoms with Crippen LogP contribution in [0.2, 0.25) is 0 Å². The molecule has 0 saturated carbocycles. The fraction of sp³-hybridized carbons (Fsp3) is 0.143. The molecule has 3 rings (SSSR count). The molecule has 0 spiro atoms. The van der Waals surface area contributed by atoms with E-state index in [1.807, 2.05) is 37.4 Å². The summed E-state index contributed by atoms with van der Waals surface area (Å²) in [6.45, 7) is 2.75. The van der Waals surface area contributed by atoms with E-state index in [1.54, 1.807) is 11.3 Å². The standard InChI is InChI=1S/C14H13N3S/c1-10-6-7-11(8-15-10)9-16-14-17-12-4-2-3-5-13(12)18-14/h2-8H,9H2,1H3,(H,16,17). The first kappa shape index (κ1) is 11.2. The monoisotopic (exact) mass is 255 g/mol. The number of hydrogen-bond acceptors (Lipinski definition) is 4. The van der Waals surface area contributed by atoms with Gasteiger partial charge in [-0.2, -0.15) is 0 Å². The Kier molecular flexibility index (Phi) is 2.94. The van der Waals surface area contributed by atoms with Crippen LogP contribution in [0.4, 0.5) is 5.13 Å². The molecule has 1 aromatic carbocycles. The summed E-state index contributed by atoms with van der Waals surface area (Å²) in [6.07, 6.45) is 1.90. The van der Waals surface area contributed by atoms with E-state index in [-0.39, 0.29) is 0 Å². The van der Waals surface area contributed by atoms with Gasteiger partial charge in [0.25, 0.3) is 0 Å². The number of hydrogen-bond donors (Lipinski definition) is 1. The molecule has 0 saturated heterocycles. The maximum Gasteiger partial charge on any atom is 0.184 e. The van der Waals surface area contributed by atoms with Gasteiger partial charge in [-0.05, 0) is 30.7 Å². The average molecular weight is 255 g/mol. The van der Waals surface area contributed by atoms with Crippen LogP contribution in [0, 0.1) is 6.92 Å². The summed E-state index contributed by atoms with van der Waals surface area (Å²) in [5, 5.41) is 4.29. The molecule has 0 fully saturated rings. The Hall–Kier alpha value is -1.94. The molecule has 1 N–H and O–H groups in total. The second kappa shape index (κ2) is 4.74. The van der Waals surface area contributed by atoms with Gasteiger partial charge in [-0.25, -0.2) is 4.98 Å². The number of rotatable bonds is 3. The summed E-state index contributed by atoms with van der Waals surface area (Å²) in [5.74, 6) is 0. The van der Waals surface area contributed by atoms with E-state index in [9.17, 15) is 0 Å². The average Bonchev–Trinajstić information content (AvgIpc) is 2.81. The summed E-state index contributed by atoms with van der Waals surface area (Å²) in [4.78, 5) is 8.81. The Morgan fingerprint density at radius 1 is 1.17 bits per heavy atom. The predicted molar refractivity (Wildman–Crippen MR) is 75.9 cm³/mol. The Balaban J connectivity index is 1.74. The highest BCUT2D eigenvalue weighted by Crippen LogP contribution is 2.25. The molecule has 0 radical (unpaired) electrons. The third-order valence-corrected chi connectivity index (χ3v) is 3.70. The molecule has 90 valence electrons. The fourth-order valence-electron chi connectivity index (χ4n) is 1.73. The zero-order chi connectivity index (χ0) is 12.4. The minimum atomic E-state index is 0.757. The minimum Gasteiger partial charge on any atom is -0.357 e. The second-order valence-corrected chi connectivity index (χ2v) is 5.18. The number of para-hydroxylation sites is 1. The molecule has 2 aromatic heterocycles. The van der Waals surface area contributed by atoms with E-state index in [1.165, 1.54) is 10.3 Å². The molecular formula is C14H13N3S. The Labute approximate surface area is 110 Å². The van der Waals surface area contributed by atoms with Crippen molar-refractivity contribution in [2.75, 3.05) is 5.32 Å². The van der Waals surface area contributed by atoms with E-state index in [2.05, 4.69) is 27.4 Å². The van der Waals surface area contributed by atoms with Crippen LogP contribution < -0.4 is 5.32 Å². The third-order valence-electron chi connectivity index (χ3n) is 2.71. The van der Waals surface area contributed by atoms with Gasteiger partial charge in [-0.1, -0.05) is 29.5 Å². The first-order valence-corrected chi connectivity index (χ1v) is 6.64. The lowest BCUT2D eigenvalue weighted by Crippen LogP contribution is -1.99. The molecule has 0 aliphatic heterocycles. The van der Waals surface area contributed by atoms with Crippen LogP contribution in [0.15, 0.2) is 42.6 Å². The van der Waals surface area contributed by atoms with Gasteiger partial charge in [-0.15, -0.1) is 0 Å². The van der Waals surface area contributed by atoms with Crippen LogP contribution in [0.25, 0.3) is 10.2 Å². The Bertz CT molecular complexity index is 625. The molecule has 0 aliphatic carbocycles. The first-order chi connectivity index (χ1) is 8.81. The lowest BCUT2D eigenvalue weighted by atomic mass is 10.2. The van der Waals surface area contributed by atoms with E-state index in [0.29, 0.717) is 0 Å². The molecule has 3 nitrogen and oxygen atoms in total. The number of fused-ring (bicyclic) bond motifs is 1. The summed E-state index contributed by atoms with van der Waals surface area (Å²) < 4.78 is 1.21. The largest absolute Gasteiger partial charge is 0.357 e. The van der Waals surface area contributed by atoms with Gasteiger partial charge in [-0.3, -0.25) is 4.98 Å². The molecule has 0 amide bonds. The maximum atomic E-state index is 4.53. The lowest BCUT2D eigenvalue weighted by Gasteiger charge is -2.02. The van der Waals surface area contributed by atoms with Crippen molar-refractivity contribution < 1.29 is 0 Å². The van der Waals surface area contributed by atoms with Gasteiger partial charge in [0.1, 0.15) is 0 Å². The van der Waals surface area contributed by atoms with Crippen LogP contribution in [0.5, 0.6) is 0 Å². The van der Waals surface area contributed by atoms with Crippen LogP contribution in [-0.4, -0.2) is 9.97 Å². The van der Waals surface area contributed by atoms with Gasteiger partial charge in [0.15, 0.2) is 5.13 Å². The van der Waals surface area contributed by atoms with Crippen molar-refractivity contribution in [2.24, 2.45) is 0 Å². The van der Waals surface area contributed by atoms with Crippen molar-refractivity contribution in [1.82, 2.24) is 9.97 Å². The van der Waals surface area contributed by atoms with Gasteiger partial charge in [0.05, 0.1) is 10.2 Å². The molecule has 4 heteroatoms. The van der Waals surface area contributed by atoms with Crippen molar-refractivity contribution in [1.29, 1.82) is 0 Å². The normalized spacial score (nSPS) is 10.7. The summed E-state index contributed by atoms with van der Waals surface area (Å²) in [7, 11) is 0. The third kappa shape index (κ3) is 2.33. The summed E-state index contributed by atoms with van der Waals surface area (Å²) >= 11 is 1.68. The minimum absolute atomic E-state index is 0.757. The second-order valence-electron chi connectivity index (χ2n) is 4.15. The number of thiazole rings is 1. The van der Waals surface area contributed by atoms with E-state index in [0.717, 1.165) is 22.9 Å². The van der Waals surface area contributed by atoms with Gasteiger partial charge >= 0.3 is 0 Å². The van der Waals surface area contributed by atoms with Crippen LogP contribution >= 0.6 is 11.3 Å². The van der Waals surface area contributed by atoms with E-state index < -0.39 is 0 Å². The van der Waals surface area contributed by atoms with Crippen LogP contribution in [-0.2, 0) is 6.54 Å². The predicted octanol–water partition coefficient (Wildman–Crippen LogP) is 3.61. The quantitative estimate of drug-likeness (QED) is 0.777. The van der Waals surface area contributed by atoms with Crippen LogP contribution in [0.1, 0.15) is 11.3 Å². The Morgan fingerprint density at radius 2 is 2.06 bits per heavy atom. The van der Waals surface area contributed by atoms with Crippen molar-refractivity contribution in [2.45, 2.75) is 13.5 Å². The number of nitrogens with zero attached hydrogens (tertiary/aromatic N) is 2. The van der Waals surface area contributed by atoms with Gasteiger partial charge in [0, 0.05) is 18.4 Å². The smallest absolute Gasteiger partial charge is 0.184 e. The number of nitrogens with one attached hydrogen (secondary N) is 1. The highest BCUT2D eigenvalue weighted by atomic mass is 32.1. The van der Waals surface area contributed by atoms with Gasteiger partial charge < -0.3 is 5.32 Å². The van der Waals surface area contributed by atoms with Crippen molar-refractivity contribution in [3.63, 3.8) is 0 Å². The number of pyridine rings is 1. The fourth-order valence-corrected chi connectivity index (χ4v) is 2.59. The summed E-state index contributed by atoms with van der Waals surface area (Å²) in [5.41, 5.74) is 3.26. The van der Waals surface area contributed by atoms with Crippen molar-refractivity contribution in [3.8, 4) is 0 Å². The van der Waals surface area contributed by atoms with Crippen molar-refractivity contribution >= 4 is 26.7 Å². The maximum absolute atomic E-state index is 4.53. The Morgan fingerprint density at radius 3 is 2.83 bits per heavy atom. The summed E-state index contributed by atoms with van der Waals surface area (Å²) in [6, 6.07) is 12.3. The number of benzene rings is 1. The lowest BCUT2D eigenvalue weighted by molar-refractivity contribution is 1.08. The molecular weight excluding hydrogens is 242 g/mol. The number of aryl methyl sites for hydroxylation is 1. The zero-order valence-electron chi connectivity index (χ0n) is 10.1. The zero-order valence-corrected chi connectivity index (χ0v) is 10.9. The topological polar surface area (TPSA) is 37.8 Å². The number of aromatic nitrogens is 2. The highest BCUT2D eigenvalue weighted by Gasteiger charge is 2.02. The van der Waals surface area contributed by atoms with E-state index in [4.69, 9.17) is 0 Å². The molecule has 0 aliphatic rings. The number of anilines is 1. The molecule has 0 unspecified atom stereocenters. The van der Waals surface area contributed by atoms with Crippen LogP contribution in [0.3, 0.4) is 0 Å². The first-order valence-electron chi connectivity index (χ1n) is 5.82. The van der Waals surface area contributed by atoms with Crippen molar-refractivity contribution in [3.05, 3.63) is 53.9 Å². The van der Waals surface area contributed by atoms with Gasteiger partial charge in [0.2, 0.25) is 0 Å². The van der Waals surface area contributed by atoms with E-state index >= 15 is 0 Å². The molecule has 0 bridgehead atoms.